The number of rotatable bonds is 1. The number of nitrogens with zero attached hydrogens (tertiary/aromatic N) is 4. The minimum Gasteiger partial charge on any atom is -0.343 e. The van der Waals surface area contributed by atoms with Crippen molar-refractivity contribution < 1.29 is 4.79 Å². The molecule has 0 fully saturated rings. The zero-order chi connectivity index (χ0) is 13.7. The lowest BCUT2D eigenvalue weighted by molar-refractivity contribution is 0.0821. The minimum absolute atomic E-state index is 0.0195. The van der Waals surface area contributed by atoms with Crippen LogP contribution in [-0.2, 0) is 13.0 Å². The van der Waals surface area contributed by atoms with Crippen molar-refractivity contribution in [2.75, 3.05) is 34.2 Å². The molecule has 5 nitrogen and oxygen atoms in total. The van der Waals surface area contributed by atoms with Gasteiger partial charge in [-0.15, -0.1) is 0 Å². The zero-order valence-electron chi connectivity index (χ0n) is 12.1. The van der Waals surface area contributed by atoms with Gasteiger partial charge in [-0.25, -0.2) is 0 Å². The molecular formula is C13H24N4O. The van der Waals surface area contributed by atoms with Crippen LogP contribution in [0.15, 0.2) is 6.07 Å². The lowest BCUT2D eigenvalue weighted by atomic mass is 10.2. The van der Waals surface area contributed by atoms with Crippen molar-refractivity contribution in [1.29, 1.82) is 0 Å². The van der Waals surface area contributed by atoms with E-state index in [4.69, 9.17) is 0 Å². The van der Waals surface area contributed by atoms with E-state index in [0.717, 1.165) is 31.7 Å². The van der Waals surface area contributed by atoms with Gasteiger partial charge in [0, 0.05) is 39.3 Å². The van der Waals surface area contributed by atoms with E-state index < -0.39 is 0 Å². The number of hydrogen-bond acceptors (Lipinski definition) is 3. The van der Waals surface area contributed by atoms with Gasteiger partial charge in [0.2, 0.25) is 0 Å². The second-order valence-corrected chi connectivity index (χ2v) is 4.50. The smallest absolute Gasteiger partial charge is 0.273 e. The maximum atomic E-state index is 11.8. The summed E-state index contributed by atoms with van der Waals surface area (Å²) in [6, 6.07) is 1.92. The highest BCUT2D eigenvalue weighted by molar-refractivity contribution is 5.92. The van der Waals surface area contributed by atoms with Gasteiger partial charge in [-0.2, -0.15) is 5.10 Å². The van der Waals surface area contributed by atoms with Crippen molar-refractivity contribution >= 4 is 5.91 Å². The number of carbonyl (C=O) groups is 1. The summed E-state index contributed by atoms with van der Waals surface area (Å²) in [5.74, 6) is -0.0195. The Labute approximate surface area is 109 Å². The molecule has 2 heterocycles. The molecule has 102 valence electrons. The van der Waals surface area contributed by atoms with E-state index in [0.29, 0.717) is 5.69 Å². The van der Waals surface area contributed by atoms with E-state index >= 15 is 0 Å². The summed E-state index contributed by atoms with van der Waals surface area (Å²) in [6.45, 7) is 6.89. The first-order chi connectivity index (χ1) is 8.58. The fourth-order valence-corrected chi connectivity index (χ4v) is 1.87. The fraction of sp³-hybridized carbons (Fsp3) is 0.692. The topological polar surface area (TPSA) is 41.4 Å². The van der Waals surface area contributed by atoms with Gasteiger partial charge in [-0.3, -0.25) is 9.48 Å². The molecule has 1 aromatic heterocycles. The summed E-state index contributed by atoms with van der Waals surface area (Å²) in [5.41, 5.74) is 1.72. The average Bonchev–Trinajstić information content (AvgIpc) is 2.70. The van der Waals surface area contributed by atoms with E-state index in [2.05, 4.69) is 17.0 Å². The molecule has 0 aliphatic carbocycles. The zero-order valence-corrected chi connectivity index (χ0v) is 12.1. The van der Waals surface area contributed by atoms with Crippen LogP contribution in [0.1, 0.15) is 30.0 Å². The van der Waals surface area contributed by atoms with Crippen LogP contribution in [0.5, 0.6) is 0 Å². The summed E-state index contributed by atoms with van der Waals surface area (Å²) in [4.78, 5) is 15.6. The van der Waals surface area contributed by atoms with Crippen LogP contribution >= 0.6 is 0 Å². The van der Waals surface area contributed by atoms with Crippen molar-refractivity contribution in [3.63, 3.8) is 0 Å². The Hall–Kier alpha value is -1.36. The molecule has 0 unspecified atom stereocenters. The summed E-state index contributed by atoms with van der Waals surface area (Å²) in [6.07, 6.45) is 0.963. The van der Waals surface area contributed by atoms with Gasteiger partial charge in [-0.05, 0) is 13.1 Å². The lowest BCUT2D eigenvalue weighted by Crippen LogP contribution is -2.24. The SMILES string of the molecule is CC.CN1CCc2cc(C(=O)N(C)C)nn2CC1. The number of amides is 1. The quantitative estimate of drug-likeness (QED) is 0.751. The molecule has 1 aromatic rings. The highest BCUT2D eigenvalue weighted by Gasteiger charge is 2.18. The van der Waals surface area contributed by atoms with Gasteiger partial charge < -0.3 is 9.80 Å². The van der Waals surface area contributed by atoms with Crippen LogP contribution in [0, 0.1) is 0 Å². The summed E-state index contributed by atoms with van der Waals surface area (Å²) in [7, 11) is 5.61. The first kappa shape index (κ1) is 14.7. The van der Waals surface area contributed by atoms with Crippen LogP contribution in [0.25, 0.3) is 0 Å². The molecule has 0 radical (unpaired) electrons. The molecule has 0 spiro atoms. The van der Waals surface area contributed by atoms with Gasteiger partial charge in [0.1, 0.15) is 0 Å². The first-order valence-corrected chi connectivity index (χ1v) is 6.55. The third-order valence-electron chi connectivity index (χ3n) is 2.93. The lowest BCUT2D eigenvalue weighted by Gasteiger charge is -2.11. The second kappa shape index (κ2) is 6.54. The van der Waals surface area contributed by atoms with Crippen LogP contribution in [-0.4, -0.2) is 59.7 Å². The Morgan fingerprint density at radius 3 is 2.56 bits per heavy atom. The predicted molar refractivity (Wildman–Crippen MR) is 72.8 cm³/mol. The summed E-state index contributed by atoms with van der Waals surface area (Å²) >= 11 is 0. The molecule has 0 aromatic carbocycles. The fourth-order valence-electron chi connectivity index (χ4n) is 1.87. The van der Waals surface area contributed by atoms with Gasteiger partial charge in [0.25, 0.3) is 5.91 Å². The third kappa shape index (κ3) is 3.32. The maximum Gasteiger partial charge on any atom is 0.273 e. The maximum absolute atomic E-state index is 11.8. The second-order valence-electron chi connectivity index (χ2n) is 4.50. The van der Waals surface area contributed by atoms with Crippen molar-refractivity contribution in [3.05, 3.63) is 17.5 Å². The third-order valence-corrected chi connectivity index (χ3v) is 2.93. The van der Waals surface area contributed by atoms with Gasteiger partial charge in [-0.1, -0.05) is 13.8 Å². The first-order valence-electron chi connectivity index (χ1n) is 6.55. The summed E-state index contributed by atoms with van der Waals surface area (Å²) < 4.78 is 1.96. The molecule has 0 saturated heterocycles. The number of fused-ring (bicyclic) bond motifs is 1. The molecule has 0 atom stereocenters. The van der Waals surface area contributed by atoms with Crippen molar-refractivity contribution in [2.24, 2.45) is 0 Å². The Morgan fingerprint density at radius 2 is 1.94 bits per heavy atom. The molecule has 18 heavy (non-hydrogen) atoms. The van der Waals surface area contributed by atoms with E-state index in [1.54, 1.807) is 19.0 Å². The standard InChI is InChI=1S/C11H18N4O.C2H6/c1-13(2)11(16)10-8-9-4-5-14(3)6-7-15(9)12-10;1-2/h8H,4-7H2,1-3H3;1-2H3. The van der Waals surface area contributed by atoms with Gasteiger partial charge >= 0.3 is 0 Å². The molecular weight excluding hydrogens is 228 g/mol. The van der Waals surface area contributed by atoms with E-state index in [9.17, 15) is 4.79 Å². The monoisotopic (exact) mass is 252 g/mol. The minimum atomic E-state index is -0.0195. The molecule has 0 saturated carbocycles. The van der Waals surface area contributed by atoms with Crippen molar-refractivity contribution in [1.82, 2.24) is 19.6 Å². The highest BCUT2D eigenvalue weighted by Crippen LogP contribution is 2.10. The molecule has 1 aliphatic heterocycles. The van der Waals surface area contributed by atoms with Crippen molar-refractivity contribution in [2.45, 2.75) is 26.8 Å². The van der Waals surface area contributed by atoms with E-state index in [1.165, 1.54) is 0 Å². The highest BCUT2D eigenvalue weighted by atomic mass is 16.2. The molecule has 1 amide bonds. The van der Waals surface area contributed by atoms with Crippen LogP contribution in [0.3, 0.4) is 0 Å². The molecule has 2 rings (SSSR count). The van der Waals surface area contributed by atoms with E-state index in [1.807, 2.05) is 24.6 Å². The Kier molecular flexibility index (Phi) is 5.34. The van der Waals surface area contributed by atoms with Gasteiger partial charge in [0.05, 0.1) is 6.54 Å². The van der Waals surface area contributed by atoms with Crippen molar-refractivity contribution in [3.8, 4) is 0 Å². The number of aromatic nitrogens is 2. The number of carbonyl (C=O) groups excluding carboxylic acids is 1. The average molecular weight is 252 g/mol. The number of likely N-dealkylation sites (N-methyl/N-ethyl adjacent to an activating group) is 1. The number of hydrogen-bond donors (Lipinski definition) is 0. The Balaban J connectivity index is 0.000000771. The molecule has 0 bridgehead atoms. The Morgan fingerprint density at radius 1 is 1.28 bits per heavy atom. The molecule has 0 N–H and O–H groups in total. The van der Waals surface area contributed by atoms with Gasteiger partial charge in [0.15, 0.2) is 5.69 Å². The largest absolute Gasteiger partial charge is 0.343 e. The summed E-state index contributed by atoms with van der Waals surface area (Å²) in [5, 5.41) is 4.37. The van der Waals surface area contributed by atoms with Crippen LogP contribution < -0.4 is 0 Å². The predicted octanol–water partition coefficient (Wildman–Crippen LogP) is 1.10. The van der Waals surface area contributed by atoms with Crippen LogP contribution in [0.2, 0.25) is 0 Å². The van der Waals surface area contributed by atoms with Crippen LogP contribution in [0.4, 0.5) is 0 Å². The molecule has 5 heteroatoms. The Bertz CT molecular complexity index is 372. The normalized spacial score (nSPS) is 15.2. The van der Waals surface area contributed by atoms with E-state index in [-0.39, 0.29) is 5.91 Å². The molecule has 1 aliphatic rings.